The van der Waals surface area contributed by atoms with Crippen molar-refractivity contribution in [1.82, 2.24) is 19.5 Å². The molecule has 0 unspecified atom stereocenters. The van der Waals surface area contributed by atoms with Crippen LogP contribution in [-0.4, -0.2) is 128 Å². The van der Waals surface area contributed by atoms with Crippen LogP contribution in [0.1, 0.15) is 19.1 Å². The van der Waals surface area contributed by atoms with Crippen molar-refractivity contribution in [2.75, 3.05) is 12.3 Å². The Balaban J connectivity index is 0.000000350. The van der Waals surface area contributed by atoms with Gasteiger partial charge >= 0.3 is 41.4 Å². The third kappa shape index (κ3) is 12.7. The molecule has 1 aliphatic heterocycles. The van der Waals surface area contributed by atoms with E-state index >= 15 is 0 Å². The lowest BCUT2D eigenvalue weighted by Crippen LogP contribution is -2.42. The number of nitrogen functional groups attached to an aromatic ring is 1. The fraction of sp³-hybridized carbons (Fsp3) is 0.500. The monoisotopic (exact) mass is 717 g/mol. The minimum Gasteiger partial charge on any atom is -0.481 e. The third-order valence-corrected chi connectivity index (χ3v) is 8.24. The van der Waals surface area contributed by atoms with Gasteiger partial charge in [-0.3, -0.25) is 14.2 Å². The highest BCUT2D eigenvalue weighted by Crippen LogP contribution is 2.64. The lowest BCUT2D eigenvalue weighted by molar-refractivity contribution is -0.170. The van der Waals surface area contributed by atoms with Crippen LogP contribution >= 0.6 is 23.5 Å². The number of nitrogens with two attached hydrogens (primary N) is 1. The molecule has 26 nitrogen and oxygen atoms in total. The van der Waals surface area contributed by atoms with Gasteiger partial charge in [0, 0.05) is 0 Å². The molecule has 3 rings (SSSR count). The van der Waals surface area contributed by atoms with Crippen molar-refractivity contribution in [3.8, 4) is 0 Å². The molecular formula is C16H26N5O21P3. The summed E-state index contributed by atoms with van der Waals surface area (Å²) in [6, 6.07) is 0. The average molecular weight is 717 g/mol. The molecule has 29 heteroatoms. The van der Waals surface area contributed by atoms with Crippen LogP contribution in [0.5, 0.6) is 0 Å². The molecule has 14 N–H and O–H groups in total. The van der Waals surface area contributed by atoms with Crippen LogP contribution in [0.4, 0.5) is 5.82 Å². The second-order valence-corrected chi connectivity index (χ2v) is 12.6. The number of imidazole rings is 1. The molecular weight excluding hydrogens is 691 g/mol. The van der Waals surface area contributed by atoms with Gasteiger partial charge in [0.2, 0.25) is 0 Å². The largest absolute Gasteiger partial charge is 0.490 e. The van der Waals surface area contributed by atoms with Gasteiger partial charge < -0.3 is 70.7 Å². The predicted octanol–water partition coefficient (Wildman–Crippen LogP) is -3.92. The fourth-order valence-corrected chi connectivity index (χ4v) is 5.70. The molecule has 0 saturated carbocycles. The van der Waals surface area contributed by atoms with Gasteiger partial charge in [0.05, 0.1) is 25.8 Å². The number of aliphatic hydroxyl groups is 4. The Morgan fingerprint density at radius 2 is 1.40 bits per heavy atom. The molecule has 0 aliphatic carbocycles. The number of anilines is 1. The van der Waals surface area contributed by atoms with Crippen molar-refractivity contribution < 1.29 is 102 Å². The van der Waals surface area contributed by atoms with Crippen LogP contribution < -0.4 is 5.73 Å². The van der Waals surface area contributed by atoms with Crippen LogP contribution in [0.3, 0.4) is 0 Å². The summed E-state index contributed by atoms with van der Waals surface area (Å²) in [5.74, 6) is -4.80. The molecule has 1 saturated heterocycles. The summed E-state index contributed by atoms with van der Waals surface area (Å²) < 4.78 is 43.2. The number of ether oxygens (including phenoxy) is 1. The lowest BCUT2D eigenvalue weighted by Gasteiger charge is -2.18. The van der Waals surface area contributed by atoms with Crippen molar-refractivity contribution in [1.29, 1.82) is 0 Å². The van der Waals surface area contributed by atoms with Gasteiger partial charge in [0.1, 0.15) is 30.2 Å². The topological polar surface area (TPSA) is 442 Å². The molecule has 0 spiro atoms. The van der Waals surface area contributed by atoms with Crippen LogP contribution in [-0.2, 0) is 41.4 Å². The fourth-order valence-electron chi connectivity index (χ4n) is 3.16. The standard InChI is InChI=1S/C10H13N5O4.C6H8O7.H5O10P3/c11-8-5-9(13-2-12-8)15(3-14-5)10-7(18)6(17)4(1-16)19-10;7-3(8)1-6(13,5(11)12)2-4(9)10;1-11(2,3)9-13(7,8)10-12(4,5)6/h2-4,6-7,10,16-18H,1H2,(H2,11,12,13);13H,1-2H2,(H,7,8)(H,9,10)(H,11,12);(H,7,8)(H2,1,2,3)(H2,4,5,6)/t4-,6-,7-,10-;;/m1../s1. The van der Waals surface area contributed by atoms with Crippen LogP contribution in [0.2, 0.25) is 0 Å². The van der Waals surface area contributed by atoms with E-state index < -0.39 is 91.0 Å². The normalized spacial score (nSPS) is 20.5. The minimum atomic E-state index is -5.46. The molecule has 0 aromatic carbocycles. The molecule has 2 aromatic heterocycles. The third-order valence-electron chi connectivity index (χ3n) is 4.88. The maximum Gasteiger partial charge on any atom is 0.490 e. The maximum absolute atomic E-state index is 10.4. The molecule has 45 heavy (non-hydrogen) atoms. The van der Waals surface area contributed by atoms with E-state index in [-0.39, 0.29) is 5.82 Å². The van der Waals surface area contributed by atoms with E-state index in [1.165, 1.54) is 17.2 Å². The quantitative estimate of drug-likeness (QED) is 0.0987. The van der Waals surface area contributed by atoms with Crippen LogP contribution in [0.15, 0.2) is 12.7 Å². The summed E-state index contributed by atoms with van der Waals surface area (Å²) in [4.78, 5) is 82.6. The van der Waals surface area contributed by atoms with Gasteiger partial charge in [-0.2, -0.15) is 8.62 Å². The van der Waals surface area contributed by atoms with Crippen molar-refractivity contribution in [2.24, 2.45) is 0 Å². The zero-order valence-electron chi connectivity index (χ0n) is 21.8. The highest BCUT2D eigenvalue weighted by molar-refractivity contribution is 7.66. The number of aromatic nitrogens is 4. The van der Waals surface area contributed by atoms with Crippen molar-refractivity contribution in [3.63, 3.8) is 0 Å². The van der Waals surface area contributed by atoms with Crippen molar-refractivity contribution in [3.05, 3.63) is 12.7 Å². The maximum atomic E-state index is 10.4. The number of fused-ring (bicyclic) bond motifs is 1. The van der Waals surface area contributed by atoms with E-state index in [0.29, 0.717) is 11.2 Å². The van der Waals surface area contributed by atoms with Crippen molar-refractivity contribution in [2.45, 2.75) is 43.0 Å². The Kier molecular flexibility index (Phi) is 13.8. The Bertz CT molecular complexity index is 1460. The molecule has 1 fully saturated rings. The van der Waals surface area contributed by atoms with Crippen molar-refractivity contribution >= 4 is 58.4 Å². The molecule has 0 radical (unpaired) electrons. The van der Waals surface area contributed by atoms with Gasteiger partial charge in [-0.15, -0.1) is 0 Å². The smallest absolute Gasteiger partial charge is 0.481 e. The van der Waals surface area contributed by atoms with Crippen LogP contribution in [0.25, 0.3) is 11.2 Å². The number of hydrogen-bond donors (Lipinski definition) is 13. The van der Waals surface area contributed by atoms with E-state index in [2.05, 4.69) is 23.6 Å². The first-order valence-electron chi connectivity index (χ1n) is 11.1. The number of aliphatic hydroxyl groups excluding tert-OH is 3. The van der Waals surface area contributed by atoms with Gasteiger partial charge in [-0.25, -0.2) is 33.4 Å². The van der Waals surface area contributed by atoms with Crippen LogP contribution in [0, 0.1) is 0 Å². The Morgan fingerprint density at radius 3 is 1.78 bits per heavy atom. The first-order chi connectivity index (χ1) is 20.3. The number of carboxylic acid groups (broad SMARTS) is 3. The van der Waals surface area contributed by atoms with E-state index in [4.69, 9.17) is 60.5 Å². The zero-order chi connectivity index (χ0) is 35.1. The molecule has 0 amide bonds. The molecule has 3 heterocycles. The zero-order valence-corrected chi connectivity index (χ0v) is 24.5. The second-order valence-electron chi connectivity index (χ2n) is 8.40. The number of rotatable bonds is 11. The minimum absolute atomic E-state index is 0.218. The Hall–Kier alpha value is -3.03. The summed E-state index contributed by atoms with van der Waals surface area (Å²) in [6.45, 7) is -0.390. The van der Waals surface area contributed by atoms with Gasteiger partial charge in [0.15, 0.2) is 23.3 Å². The second kappa shape index (κ2) is 15.5. The summed E-state index contributed by atoms with van der Waals surface area (Å²) in [5, 5.41) is 62.5. The number of aliphatic carboxylic acids is 3. The predicted molar refractivity (Wildman–Crippen MR) is 136 cm³/mol. The molecule has 1 aliphatic rings. The highest BCUT2D eigenvalue weighted by Gasteiger charge is 2.44. The number of carbonyl (C=O) groups is 3. The SMILES string of the molecule is Nc1ncnc2c1ncn2[C@@H]1O[C@H](CO)[C@@H](O)[C@H]1O.O=C(O)CC(O)(CC(=O)O)C(=O)O.O=P(O)(O)OP(=O)(O)OP(=O)(O)O. The van der Waals surface area contributed by atoms with E-state index in [1.54, 1.807) is 0 Å². The molecule has 0 bridgehead atoms. The number of phosphoric acid groups is 3. The Labute approximate surface area is 248 Å². The molecule has 2 aromatic rings. The first-order valence-corrected chi connectivity index (χ1v) is 15.7. The summed E-state index contributed by atoms with van der Waals surface area (Å²) in [5.41, 5.74) is 3.71. The number of hydrogen-bond acceptors (Lipinski definition) is 17. The number of carboxylic acids is 3. The summed E-state index contributed by atoms with van der Waals surface area (Å²) in [7, 11) is -16.2. The van der Waals surface area contributed by atoms with Gasteiger partial charge in [-0.05, 0) is 0 Å². The van der Waals surface area contributed by atoms with E-state index in [1.807, 2.05) is 0 Å². The van der Waals surface area contributed by atoms with Gasteiger partial charge in [0.25, 0.3) is 0 Å². The summed E-state index contributed by atoms with van der Waals surface area (Å²) >= 11 is 0. The number of nitrogens with zero attached hydrogens (tertiary/aromatic N) is 4. The highest BCUT2D eigenvalue weighted by atomic mass is 31.3. The van der Waals surface area contributed by atoms with E-state index in [9.17, 15) is 38.3 Å². The molecule has 4 atom stereocenters. The molecule has 256 valence electrons. The summed E-state index contributed by atoms with van der Waals surface area (Å²) in [6.07, 6.45) is -3.71. The van der Waals surface area contributed by atoms with E-state index in [0.717, 1.165) is 0 Å². The Morgan fingerprint density at radius 1 is 0.911 bits per heavy atom. The van der Waals surface area contributed by atoms with Gasteiger partial charge in [-0.1, -0.05) is 0 Å². The first kappa shape index (κ1) is 40.0. The average Bonchev–Trinajstić information content (AvgIpc) is 3.37. The lowest BCUT2D eigenvalue weighted by atomic mass is 9.96.